The Balaban J connectivity index is 5.03. The maximum absolute atomic E-state index is 13.6. The van der Waals surface area contributed by atoms with Gasteiger partial charge in [-0.2, -0.15) is 0 Å². The van der Waals surface area contributed by atoms with E-state index in [-0.39, 0.29) is 31.5 Å². The van der Waals surface area contributed by atoms with Gasteiger partial charge in [0.2, 0.25) is 5.91 Å². The van der Waals surface area contributed by atoms with Crippen molar-refractivity contribution in [1.29, 1.82) is 0 Å². The van der Waals surface area contributed by atoms with Gasteiger partial charge in [-0.15, -0.1) is 0 Å². The van der Waals surface area contributed by atoms with Crippen molar-refractivity contribution >= 4 is 19.7 Å². The molecule has 0 aliphatic rings. The number of phosphoric ester groups is 1. The molecule has 0 aromatic rings. The van der Waals surface area contributed by atoms with Crippen LogP contribution in [-0.2, 0) is 27.9 Å². The molecule has 0 rings (SSSR count). The predicted molar refractivity (Wildman–Crippen MR) is 378 cm³/mol. The molecule has 87 heavy (non-hydrogen) atoms. The first-order valence-corrected chi connectivity index (χ1v) is 37.7. The van der Waals surface area contributed by atoms with Gasteiger partial charge in [0.1, 0.15) is 19.3 Å². The van der Waals surface area contributed by atoms with Gasteiger partial charge < -0.3 is 19.4 Å². The number of amides is 1. The number of phosphoric acid groups is 1. The largest absolute Gasteiger partial charge is 0.472 e. The minimum absolute atomic E-state index is 0.0342. The first-order valence-electron chi connectivity index (χ1n) is 36.2. The number of quaternary nitrogens is 1. The summed E-state index contributed by atoms with van der Waals surface area (Å²) in [5.41, 5.74) is 0. The molecule has 1 amide bonds. The number of nitrogens with zero attached hydrogens (tertiary/aromatic N) is 1. The van der Waals surface area contributed by atoms with Gasteiger partial charge in [-0.3, -0.25) is 18.6 Å². The maximum atomic E-state index is 13.6. The summed E-state index contributed by atoms with van der Waals surface area (Å²) in [7, 11) is 1.48. The molecule has 0 aromatic heterocycles. The summed E-state index contributed by atoms with van der Waals surface area (Å²) in [5, 5.41) is 3.07. The van der Waals surface area contributed by atoms with Crippen molar-refractivity contribution < 1.29 is 37.3 Å². The Labute approximate surface area is 538 Å². The highest BCUT2D eigenvalue weighted by Gasteiger charge is 2.30. The highest BCUT2D eigenvalue weighted by Crippen LogP contribution is 2.43. The van der Waals surface area contributed by atoms with Crippen LogP contribution >= 0.6 is 7.82 Å². The zero-order valence-corrected chi connectivity index (χ0v) is 58.4. The van der Waals surface area contributed by atoms with Crippen LogP contribution < -0.4 is 5.32 Å². The number of hydrogen-bond donors (Lipinski definition) is 2. The topological polar surface area (TPSA) is 111 Å². The number of nitrogens with one attached hydrogen (secondary N) is 1. The summed E-state index contributed by atoms with van der Waals surface area (Å²) >= 11 is 0. The summed E-state index contributed by atoms with van der Waals surface area (Å²) in [6.45, 7) is 6.88. The minimum atomic E-state index is -4.46. The first-order chi connectivity index (χ1) is 42.4. The van der Waals surface area contributed by atoms with Crippen LogP contribution in [0.1, 0.15) is 316 Å². The molecule has 0 aromatic carbocycles. The van der Waals surface area contributed by atoms with E-state index in [1.165, 1.54) is 167 Å². The van der Waals surface area contributed by atoms with Crippen molar-refractivity contribution in [2.24, 2.45) is 0 Å². The third kappa shape index (κ3) is 66.9. The Morgan fingerprint density at radius 3 is 1.13 bits per heavy atom. The fraction of sp³-hybridized carbons (Fsp3) is 0.740. The van der Waals surface area contributed by atoms with Crippen molar-refractivity contribution in [3.05, 3.63) is 109 Å². The van der Waals surface area contributed by atoms with Crippen LogP contribution in [0.25, 0.3) is 0 Å². The minimum Gasteiger partial charge on any atom is -0.456 e. The number of hydrogen-bond acceptors (Lipinski definition) is 6. The fourth-order valence-electron chi connectivity index (χ4n) is 10.2. The molecule has 10 heteroatoms. The monoisotopic (exact) mass is 1230 g/mol. The van der Waals surface area contributed by atoms with Gasteiger partial charge in [-0.05, 0) is 115 Å². The molecular formula is C77H138N2O7P+. The highest BCUT2D eigenvalue weighted by molar-refractivity contribution is 7.47. The van der Waals surface area contributed by atoms with Gasteiger partial charge in [0.15, 0.2) is 0 Å². The van der Waals surface area contributed by atoms with Crippen LogP contribution in [0.4, 0.5) is 0 Å². The molecule has 0 fully saturated rings. The second-order valence-electron chi connectivity index (χ2n) is 25.4. The quantitative estimate of drug-likeness (QED) is 0.0205. The lowest BCUT2D eigenvalue weighted by atomic mass is 10.0. The molecular weight excluding hydrogens is 1100 g/mol. The number of rotatable bonds is 65. The van der Waals surface area contributed by atoms with Crippen LogP contribution in [0, 0.1) is 0 Å². The zero-order chi connectivity index (χ0) is 63.5. The number of esters is 1. The highest BCUT2D eigenvalue weighted by atomic mass is 31.2. The molecule has 0 spiro atoms. The molecule has 2 N–H and O–H groups in total. The second kappa shape index (κ2) is 65.6. The lowest BCUT2D eigenvalue weighted by Gasteiger charge is -2.27. The Bertz CT molecular complexity index is 1860. The smallest absolute Gasteiger partial charge is 0.456 e. The van der Waals surface area contributed by atoms with Crippen molar-refractivity contribution in [2.75, 3.05) is 40.9 Å². The Morgan fingerprint density at radius 1 is 0.414 bits per heavy atom. The molecule has 9 nitrogen and oxygen atoms in total. The number of likely N-dealkylation sites (N-methyl/N-ethyl adjacent to an activating group) is 1. The van der Waals surface area contributed by atoms with E-state index in [0.29, 0.717) is 17.4 Å². The molecule has 0 aliphatic carbocycles. The lowest BCUT2D eigenvalue weighted by Crippen LogP contribution is -2.47. The molecule has 0 bridgehead atoms. The third-order valence-electron chi connectivity index (χ3n) is 15.7. The van der Waals surface area contributed by atoms with E-state index >= 15 is 0 Å². The molecule has 3 unspecified atom stereocenters. The van der Waals surface area contributed by atoms with Gasteiger partial charge in [0.05, 0.1) is 33.8 Å². The molecule has 502 valence electrons. The van der Waals surface area contributed by atoms with E-state index in [1.54, 1.807) is 0 Å². The van der Waals surface area contributed by atoms with Gasteiger partial charge in [0, 0.05) is 12.8 Å². The van der Waals surface area contributed by atoms with Crippen molar-refractivity contribution in [3.8, 4) is 0 Å². The Morgan fingerprint density at radius 2 is 0.736 bits per heavy atom. The average Bonchev–Trinajstić information content (AvgIpc) is 3.70. The Kier molecular flexibility index (Phi) is 63.1. The Hall–Kier alpha value is -3.33. The number of unbranched alkanes of at least 4 members (excludes halogenated alkanes) is 33. The van der Waals surface area contributed by atoms with Gasteiger partial charge >= 0.3 is 13.8 Å². The van der Waals surface area contributed by atoms with E-state index in [4.69, 9.17) is 13.8 Å². The van der Waals surface area contributed by atoms with Crippen LogP contribution in [0.2, 0.25) is 0 Å². The number of allylic oxidation sites excluding steroid dienone is 17. The van der Waals surface area contributed by atoms with Crippen molar-refractivity contribution in [3.63, 3.8) is 0 Å². The van der Waals surface area contributed by atoms with Crippen LogP contribution in [0.3, 0.4) is 0 Å². The summed E-state index contributed by atoms with van der Waals surface area (Å²) < 4.78 is 30.8. The van der Waals surface area contributed by atoms with Gasteiger partial charge in [-0.1, -0.05) is 297 Å². The second-order valence-corrected chi connectivity index (χ2v) is 26.8. The molecule has 0 aliphatic heterocycles. The summed E-state index contributed by atoms with van der Waals surface area (Å²) in [5.74, 6) is -0.513. The van der Waals surface area contributed by atoms with Crippen molar-refractivity contribution in [1.82, 2.24) is 5.32 Å². The van der Waals surface area contributed by atoms with E-state index in [0.717, 1.165) is 116 Å². The normalized spacial score (nSPS) is 14.1. The predicted octanol–water partition coefficient (Wildman–Crippen LogP) is 23.2. The van der Waals surface area contributed by atoms with Crippen LogP contribution in [-0.4, -0.2) is 74.3 Å². The van der Waals surface area contributed by atoms with E-state index in [9.17, 15) is 19.0 Å². The lowest BCUT2D eigenvalue weighted by molar-refractivity contribution is -0.870. The molecule has 0 radical (unpaired) electrons. The average molecular weight is 1230 g/mol. The van der Waals surface area contributed by atoms with Gasteiger partial charge in [-0.25, -0.2) is 4.57 Å². The third-order valence-corrected chi connectivity index (χ3v) is 16.7. The SMILES string of the molecule is CC/C=C\C/C=C\C/C=C\C/C=C\C/C=C\C/C=C\CCCCCCCCCCC(=O)NC(COP(=O)(O)OCC[N+](C)(C)C)C(/C=C\CCCCCCCCCCC)OC(=O)CCCCCCCCCCCCCCC/C=C\C/C=C\CCCCC. The van der Waals surface area contributed by atoms with Crippen LogP contribution in [0.5, 0.6) is 0 Å². The van der Waals surface area contributed by atoms with E-state index < -0.39 is 20.0 Å². The van der Waals surface area contributed by atoms with E-state index in [1.807, 2.05) is 33.3 Å². The molecule has 0 saturated carbocycles. The number of carbonyl (C=O) groups excluding carboxylic acids is 2. The van der Waals surface area contributed by atoms with Crippen LogP contribution in [0.15, 0.2) is 109 Å². The number of ether oxygens (including phenoxy) is 1. The summed E-state index contributed by atoms with van der Waals surface area (Å²) in [4.78, 5) is 37.9. The summed E-state index contributed by atoms with van der Waals surface area (Å²) in [6, 6.07) is -0.860. The van der Waals surface area contributed by atoms with Crippen molar-refractivity contribution in [2.45, 2.75) is 328 Å². The first kappa shape index (κ1) is 83.7. The molecule has 0 saturated heterocycles. The van der Waals surface area contributed by atoms with E-state index in [2.05, 4.69) is 123 Å². The summed E-state index contributed by atoms with van der Waals surface area (Å²) in [6.07, 6.45) is 91.0. The number of carbonyl (C=O) groups is 2. The fourth-order valence-corrected chi connectivity index (χ4v) is 10.9. The zero-order valence-electron chi connectivity index (χ0n) is 57.5. The molecule has 0 heterocycles. The van der Waals surface area contributed by atoms with Gasteiger partial charge in [0.25, 0.3) is 0 Å². The maximum Gasteiger partial charge on any atom is 0.472 e. The standard InChI is InChI=1S/C77H137N2O7P/c1-7-10-13-16-19-22-25-27-29-31-33-35-37-38-39-40-42-43-45-47-49-51-54-57-60-63-66-69-76(80)78-74(73-85-87(82,83)84-72-71-79(4,5)6)75(68-65-62-59-56-53-24-21-18-15-12-9-3)86-77(81)70-67-64-61-58-55-52-50-48-46-44-41-36-34-32-30-28-26-23-20-17-14-11-8-2/h10,13,19-20,22-23,27-30,33,35,38-39,42-43,65,68,74-75H,7-9,11-12,14-18,21,24-26,31-32,34,36-37,40-41,44-64,66-67,69-73H2,1-6H3,(H-,78,80,82,83)/p+1/b13-10-,22-19-,23-20-,29-27-,30-28-,35-33-,39-38-,43-42-,68-65-. The molecule has 3 atom stereocenters.